The Morgan fingerprint density at radius 2 is 1.97 bits per heavy atom. The number of para-hydroxylation sites is 1. The number of allylic oxidation sites excluding steroid dienone is 1. The average Bonchev–Trinajstić information content (AvgIpc) is 3.13. The topological polar surface area (TPSA) is 44.0 Å². The molecule has 4 heteroatoms. The first-order chi connectivity index (χ1) is 14.4. The molecule has 1 fully saturated rings. The largest absolute Gasteiger partial charge is 0.342 e. The van der Waals surface area contributed by atoms with E-state index in [0.29, 0.717) is 23.8 Å². The maximum Gasteiger partial charge on any atom is 0.107 e. The van der Waals surface area contributed by atoms with Crippen LogP contribution in [-0.2, 0) is 6.42 Å². The Hall–Kier alpha value is -1.65. The maximum atomic E-state index is 4.93. The van der Waals surface area contributed by atoms with Crippen LogP contribution in [0.25, 0.3) is 11.0 Å². The molecule has 1 aromatic heterocycles. The minimum Gasteiger partial charge on any atom is -0.342 e. The number of nitrogens with zero attached hydrogens (tertiary/aromatic N) is 2. The van der Waals surface area contributed by atoms with Crippen LogP contribution in [0.3, 0.4) is 0 Å². The number of H-pyrrole nitrogens is 1. The average molecular weight is 409 g/mol. The second-order valence-electron chi connectivity index (χ2n) is 10.3. The first-order valence-corrected chi connectivity index (χ1v) is 11.9. The fourth-order valence-corrected chi connectivity index (χ4v) is 5.58. The highest BCUT2D eigenvalue weighted by molar-refractivity contribution is 5.78. The Kier molecular flexibility index (Phi) is 6.64. The number of piperidine rings is 1. The van der Waals surface area contributed by atoms with Crippen molar-refractivity contribution in [2.24, 2.45) is 23.7 Å². The van der Waals surface area contributed by atoms with Gasteiger partial charge in [-0.25, -0.2) is 4.98 Å². The van der Waals surface area contributed by atoms with E-state index in [9.17, 15) is 0 Å². The Balaban J connectivity index is 1.44. The Morgan fingerprint density at radius 3 is 2.67 bits per heavy atom. The fourth-order valence-electron chi connectivity index (χ4n) is 5.58. The lowest BCUT2D eigenvalue weighted by atomic mass is 9.69. The van der Waals surface area contributed by atoms with Gasteiger partial charge >= 0.3 is 0 Å². The molecule has 4 nitrogen and oxygen atoms in total. The third kappa shape index (κ3) is 4.81. The van der Waals surface area contributed by atoms with Crippen LogP contribution in [0, 0.1) is 30.6 Å². The molecule has 1 aromatic carbocycles. The number of aryl methyl sites for hydroxylation is 1. The molecule has 164 valence electrons. The second kappa shape index (κ2) is 9.23. The first-order valence-electron chi connectivity index (χ1n) is 11.9. The number of aromatic nitrogens is 2. The number of likely N-dealkylation sites (tertiary alicyclic amines) is 1. The summed E-state index contributed by atoms with van der Waals surface area (Å²) in [4.78, 5) is 11.0. The van der Waals surface area contributed by atoms with E-state index >= 15 is 0 Å². The zero-order valence-corrected chi connectivity index (χ0v) is 19.5. The van der Waals surface area contributed by atoms with Crippen molar-refractivity contribution in [2.45, 2.75) is 59.4 Å². The van der Waals surface area contributed by atoms with Crippen LogP contribution in [0.5, 0.6) is 0 Å². The van der Waals surface area contributed by atoms with Crippen molar-refractivity contribution in [3.05, 3.63) is 41.2 Å². The SMILES string of the molecule is CC1=C[C@@H](CNC2CCN(C)CC2)[C@H](C(C)C)C[C@H]1Cc1nc2c(C)cccc2[nH]1. The standard InChI is InChI=1S/C26H40N4/c1-17(2)23-14-20(15-25-28-24-8-6-7-18(3)26(24)29-25)19(4)13-21(23)16-27-22-9-11-30(5)12-10-22/h6-8,13,17,20-23,27H,9-12,14-16H2,1-5H3,(H,28,29)/t20-,21-,23-/m0/s1. The lowest BCUT2D eigenvalue weighted by Gasteiger charge is -2.38. The molecule has 1 saturated heterocycles. The van der Waals surface area contributed by atoms with Gasteiger partial charge in [0.1, 0.15) is 5.82 Å². The second-order valence-corrected chi connectivity index (χ2v) is 10.3. The summed E-state index contributed by atoms with van der Waals surface area (Å²) in [7, 11) is 2.24. The molecule has 1 aliphatic carbocycles. The van der Waals surface area contributed by atoms with Crippen molar-refractivity contribution >= 4 is 11.0 Å². The first kappa shape index (κ1) is 21.6. The van der Waals surface area contributed by atoms with Crippen molar-refractivity contribution in [1.82, 2.24) is 20.2 Å². The third-order valence-corrected chi connectivity index (χ3v) is 7.65. The molecule has 0 bridgehead atoms. The summed E-state index contributed by atoms with van der Waals surface area (Å²) >= 11 is 0. The van der Waals surface area contributed by atoms with Crippen LogP contribution < -0.4 is 5.32 Å². The maximum absolute atomic E-state index is 4.93. The zero-order chi connectivity index (χ0) is 21.3. The van der Waals surface area contributed by atoms with Crippen LogP contribution >= 0.6 is 0 Å². The molecule has 2 heterocycles. The van der Waals surface area contributed by atoms with E-state index in [1.54, 1.807) is 5.57 Å². The molecular formula is C26H40N4. The van der Waals surface area contributed by atoms with Crippen molar-refractivity contribution < 1.29 is 0 Å². The molecule has 3 atom stereocenters. The predicted octanol–water partition coefficient (Wildman–Crippen LogP) is 4.95. The number of imidazole rings is 1. The highest BCUT2D eigenvalue weighted by Gasteiger charge is 2.32. The minimum absolute atomic E-state index is 0.595. The highest BCUT2D eigenvalue weighted by atomic mass is 15.1. The molecule has 2 N–H and O–H groups in total. The summed E-state index contributed by atoms with van der Waals surface area (Å²) in [5, 5.41) is 3.92. The number of hydrogen-bond acceptors (Lipinski definition) is 3. The predicted molar refractivity (Wildman–Crippen MR) is 127 cm³/mol. The lowest BCUT2D eigenvalue weighted by molar-refractivity contribution is 0.197. The summed E-state index contributed by atoms with van der Waals surface area (Å²) in [6.45, 7) is 12.9. The quantitative estimate of drug-likeness (QED) is 0.665. The molecule has 0 saturated carbocycles. The van der Waals surface area contributed by atoms with Gasteiger partial charge in [0.05, 0.1) is 11.0 Å². The minimum atomic E-state index is 0.595. The Morgan fingerprint density at radius 1 is 1.20 bits per heavy atom. The van der Waals surface area contributed by atoms with Gasteiger partial charge in [-0.3, -0.25) is 0 Å². The molecule has 2 aromatic rings. The number of hydrogen-bond donors (Lipinski definition) is 2. The van der Waals surface area contributed by atoms with E-state index in [1.807, 2.05) is 0 Å². The van der Waals surface area contributed by atoms with E-state index in [0.717, 1.165) is 30.2 Å². The van der Waals surface area contributed by atoms with Gasteiger partial charge in [-0.2, -0.15) is 0 Å². The van der Waals surface area contributed by atoms with Crippen molar-refractivity contribution in [1.29, 1.82) is 0 Å². The van der Waals surface area contributed by atoms with E-state index in [4.69, 9.17) is 4.98 Å². The summed E-state index contributed by atoms with van der Waals surface area (Å²) in [5.41, 5.74) is 5.11. The van der Waals surface area contributed by atoms with Crippen molar-refractivity contribution in [2.75, 3.05) is 26.7 Å². The number of nitrogens with one attached hydrogen (secondary N) is 2. The van der Waals surface area contributed by atoms with Gasteiger partial charge in [0.15, 0.2) is 0 Å². The van der Waals surface area contributed by atoms with Gasteiger partial charge in [-0.15, -0.1) is 0 Å². The van der Waals surface area contributed by atoms with Gasteiger partial charge in [0, 0.05) is 19.0 Å². The summed E-state index contributed by atoms with van der Waals surface area (Å²) in [6.07, 6.45) is 7.46. The summed E-state index contributed by atoms with van der Waals surface area (Å²) < 4.78 is 0. The van der Waals surface area contributed by atoms with Crippen LogP contribution in [0.4, 0.5) is 0 Å². The molecule has 0 unspecified atom stereocenters. The fraction of sp³-hybridized carbons (Fsp3) is 0.654. The van der Waals surface area contributed by atoms with Crippen molar-refractivity contribution in [3.8, 4) is 0 Å². The summed E-state index contributed by atoms with van der Waals surface area (Å²) in [6, 6.07) is 7.10. The van der Waals surface area contributed by atoms with E-state index in [1.165, 1.54) is 43.4 Å². The van der Waals surface area contributed by atoms with Gasteiger partial charge in [0.25, 0.3) is 0 Å². The third-order valence-electron chi connectivity index (χ3n) is 7.65. The molecule has 0 radical (unpaired) electrons. The van der Waals surface area contributed by atoms with Crippen LogP contribution in [0.2, 0.25) is 0 Å². The normalized spacial score (nSPS) is 26.5. The number of rotatable bonds is 6. The molecule has 0 amide bonds. The Labute approximate surface area is 182 Å². The Bertz CT molecular complexity index is 872. The molecule has 1 aliphatic heterocycles. The lowest BCUT2D eigenvalue weighted by Crippen LogP contribution is -2.44. The van der Waals surface area contributed by atoms with Gasteiger partial charge < -0.3 is 15.2 Å². The van der Waals surface area contributed by atoms with Crippen LogP contribution in [0.15, 0.2) is 29.8 Å². The van der Waals surface area contributed by atoms with E-state index < -0.39 is 0 Å². The molecule has 30 heavy (non-hydrogen) atoms. The summed E-state index contributed by atoms with van der Waals surface area (Å²) in [5.74, 6) is 3.83. The van der Waals surface area contributed by atoms with Gasteiger partial charge in [-0.05, 0) is 88.5 Å². The van der Waals surface area contributed by atoms with Crippen LogP contribution in [-0.4, -0.2) is 47.6 Å². The smallest absolute Gasteiger partial charge is 0.107 e. The number of aromatic amines is 1. The van der Waals surface area contributed by atoms with Gasteiger partial charge in [0.2, 0.25) is 0 Å². The monoisotopic (exact) mass is 408 g/mol. The molecular weight excluding hydrogens is 368 g/mol. The molecule has 0 spiro atoms. The zero-order valence-electron chi connectivity index (χ0n) is 19.5. The molecule has 4 rings (SSSR count). The van der Waals surface area contributed by atoms with E-state index in [2.05, 4.69) is 74.2 Å². The highest BCUT2D eigenvalue weighted by Crippen LogP contribution is 2.38. The number of benzene rings is 1. The van der Waals surface area contributed by atoms with Crippen molar-refractivity contribution in [3.63, 3.8) is 0 Å². The van der Waals surface area contributed by atoms with Crippen LogP contribution in [0.1, 0.15) is 51.4 Å². The number of fused-ring (bicyclic) bond motifs is 1. The van der Waals surface area contributed by atoms with E-state index in [-0.39, 0.29) is 0 Å². The molecule has 2 aliphatic rings. The van der Waals surface area contributed by atoms with Gasteiger partial charge in [-0.1, -0.05) is 37.6 Å².